The van der Waals surface area contributed by atoms with Gasteiger partial charge in [-0.15, -0.1) is 11.3 Å². The van der Waals surface area contributed by atoms with Crippen LogP contribution in [0.1, 0.15) is 38.1 Å². The van der Waals surface area contributed by atoms with Gasteiger partial charge in [-0.05, 0) is 31.7 Å². The van der Waals surface area contributed by atoms with Gasteiger partial charge in [0.05, 0.1) is 6.04 Å². The number of thiophene rings is 1. The summed E-state index contributed by atoms with van der Waals surface area (Å²) in [6.45, 7) is 5.38. The van der Waals surface area contributed by atoms with Crippen LogP contribution in [0.4, 0.5) is 4.79 Å². The predicted octanol–water partition coefficient (Wildman–Crippen LogP) is 2.70. The van der Waals surface area contributed by atoms with E-state index in [9.17, 15) is 9.59 Å². The molecule has 19 heavy (non-hydrogen) atoms. The Hall–Kier alpha value is -1.56. The number of nitrogens with zero attached hydrogens (tertiary/aromatic N) is 1. The van der Waals surface area contributed by atoms with E-state index in [0.29, 0.717) is 6.42 Å². The molecule has 106 valence electrons. The number of carboxylic acid groups (broad SMARTS) is 1. The summed E-state index contributed by atoms with van der Waals surface area (Å²) in [6.07, 6.45) is 0.716. The molecule has 0 saturated heterocycles. The summed E-state index contributed by atoms with van der Waals surface area (Å²) < 4.78 is 0. The molecule has 1 heterocycles. The number of carbonyl (C=O) groups is 2. The van der Waals surface area contributed by atoms with Gasteiger partial charge in [0.25, 0.3) is 0 Å². The van der Waals surface area contributed by atoms with E-state index < -0.39 is 5.97 Å². The highest BCUT2D eigenvalue weighted by Crippen LogP contribution is 2.18. The summed E-state index contributed by atoms with van der Waals surface area (Å²) in [5.41, 5.74) is 0. The van der Waals surface area contributed by atoms with Crippen molar-refractivity contribution < 1.29 is 14.7 Å². The summed E-state index contributed by atoms with van der Waals surface area (Å²) in [4.78, 5) is 25.4. The molecule has 5 nitrogen and oxygen atoms in total. The molecular formula is C13H20N2O3S. The lowest BCUT2D eigenvalue weighted by atomic mass is 10.2. The van der Waals surface area contributed by atoms with Crippen LogP contribution in [0.2, 0.25) is 0 Å². The van der Waals surface area contributed by atoms with Crippen LogP contribution >= 0.6 is 11.3 Å². The molecule has 0 fully saturated rings. The fourth-order valence-electron chi connectivity index (χ4n) is 1.67. The van der Waals surface area contributed by atoms with E-state index in [2.05, 4.69) is 5.32 Å². The van der Waals surface area contributed by atoms with Crippen LogP contribution in [-0.2, 0) is 4.79 Å². The number of hydrogen-bond donors (Lipinski definition) is 2. The van der Waals surface area contributed by atoms with E-state index in [0.717, 1.165) is 4.88 Å². The van der Waals surface area contributed by atoms with Gasteiger partial charge in [0.1, 0.15) is 6.54 Å². The average molecular weight is 284 g/mol. The zero-order valence-electron chi connectivity index (χ0n) is 11.4. The molecule has 2 N–H and O–H groups in total. The minimum atomic E-state index is -1.00. The van der Waals surface area contributed by atoms with Gasteiger partial charge in [-0.2, -0.15) is 0 Å². The van der Waals surface area contributed by atoms with Crippen molar-refractivity contribution in [2.24, 2.45) is 0 Å². The third kappa shape index (κ3) is 4.55. The first-order valence-electron chi connectivity index (χ1n) is 6.28. The second kappa shape index (κ2) is 7.13. The van der Waals surface area contributed by atoms with Crippen LogP contribution in [0, 0.1) is 0 Å². The minimum Gasteiger partial charge on any atom is -0.480 e. The standard InChI is InChI=1S/C13H20N2O3S/c1-4-9(2)15(8-12(16)17)13(18)14-10(3)11-6-5-7-19-11/h5-7,9-10H,4,8H2,1-3H3,(H,14,18)(H,16,17). The number of nitrogens with one attached hydrogen (secondary N) is 1. The fraction of sp³-hybridized carbons (Fsp3) is 0.538. The maximum absolute atomic E-state index is 12.1. The smallest absolute Gasteiger partial charge is 0.323 e. The van der Waals surface area contributed by atoms with Gasteiger partial charge in [-0.1, -0.05) is 13.0 Å². The normalized spacial score (nSPS) is 13.6. The third-order valence-corrected chi connectivity index (χ3v) is 4.05. The quantitative estimate of drug-likeness (QED) is 0.844. The molecule has 0 aliphatic heterocycles. The van der Waals surface area contributed by atoms with E-state index in [4.69, 9.17) is 5.11 Å². The Bertz CT molecular complexity index is 420. The number of aliphatic carboxylic acids is 1. The van der Waals surface area contributed by atoms with E-state index in [1.807, 2.05) is 38.3 Å². The number of rotatable bonds is 6. The largest absolute Gasteiger partial charge is 0.480 e. The lowest BCUT2D eigenvalue weighted by Crippen LogP contribution is -2.47. The maximum Gasteiger partial charge on any atom is 0.323 e. The van der Waals surface area contributed by atoms with Gasteiger partial charge in [0.15, 0.2) is 0 Å². The molecule has 2 unspecified atom stereocenters. The highest BCUT2D eigenvalue weighted by atomic mass is 32.1. The summed E-state index contributed by atoms with van der Waals surface area (Å²) in [5.74, 6) is -1.00. The Kier molecular flexibility index (Phi) is 5.82. The SMILES string of the molecule is CCC(C)N(CC(=O)O)C(=O)NC(C)c1cccs1. The number of carboxylic acids is 1. The van der Waals surface area contributed by atoms with Gasteiger partial charge in [0.2, 0.25) is 0 Å². The molecule has 2 amide bonds. The lowest BCUT2D eigenvalue weighted by molar-refractivity contribution is -0.138. The first-order valence-corrected chi connectivity index (χ1v) is 7.16. The second-order valence-corrected chi connectivity index (χ2v) is 5.44. The van der Waals surface area contributed by atoms with Crippen LogP contribution < -0.4 is 5.32 Å². The predicted molar refractivity (Wildman–Crippen MR) is 75.4 cm³/mol. The van der Waals surface area contributed by atoms with Gasteiger partial charge in [-0.25, -0.2) is 4.79 Å². The molecule has 1 aromatic heterocycles. The number of carbonyl (C=O) groups excluding carboxylic acids is 1. The second-order valence-electron chi connectivity index (χ2n) is 4.47. The number of urea groups is 1. The van der Waals surface area contributed by atoms with Crippen LogP contribution in [0.5, 0.6) is 0 Å². The summed E-state index contributed by atoms with van der Waals surface area (Å²) >= 11 is 1.56. The van der Waals surface area contributed by atoms with Gasteiger partial charge in [-0.3, -0.25) is 4.79 Å². The fourth-order valence-corrected chi connectivity index (χ4v) is 2.41. The van der Waals surface area contributed by atoms with Crippen molar-refractivity contribution in [3.63, 3.8) is 0 Å². The van der Waals surface area contributed by atoms with E-state index in [1.54, 1.807) is 11.3 Å². The number of amides is 2. The molecule has 6 heteroatoms. The summed E-state index contributed by atoms with van der Waals surface area (Å²) in [6, 6.07) is 3.31. The highest BCUT2D eigenvalue weighted by Gasteiger charge is 2.23. The molecule has 0 aromatic carbocycles. The monoisotopic (exact) mass is 284 g/mol. The first kappa shape index (κ1) is 15.5. The van der Waals surface area contributed by atoms with Crippen LogP contribution in [0.3, 0.4) is 0 Å². The minimum absolute atomic E-state index is 0.105. The molecular weight excluding hydrogens is 264 g/mol. The summed E-state index contributed by atoms with van der Waals surface area (Å²) in [7, 11) is 0. The van der Waals surface area contributed by atoms with Gasteiger partial charge >= 0.3 is 12.0 Å². The van der Waals surface area contributed by atoms with Gasteiger partial charge in [0, 0.05) is 10.9 Å². The number of hydrogen-bond acceptors (Lipinski definition) is 3. The molecule has 0 saturated carbocycles. The summed E-state index contributed by atoms with van der Waals surface area (Å²) in [5, 5.41) is 13.7. The molecule has 1 aromatic rings. The molecule has 0 radical (unpaired) electrons. The van der Waals surface area contributed by atoms with Crippen molar-refractivity contribution in [1.29, 1.82) is 0 Å². The maximum atomic E-state index is 12.1. The third-order valence-electron chi connectivity index (χ3n) is 3.00. The first-order chi connectivity index (χ1) is 8.95. The van der Waals surface area contributed by atoms with Crippen molar-refractivity contribution in [2.75, 3.05) is 6.54 Å². The molecule has 2 atom stereocenters. The topological polar surface area (TPSA) is 69.6 Å². The zero-order valence-corrected chi connectivity index (χ0v) is 12.2. The molecule has 0 aliphatic carbocycles. The van der Waals surface area contributed by atoms with Crippen LogP contribution in [0.25, 0.3) is 0 Å². The van der Waals surface area contributed by atoms with E-state index in [-0.39, 0.29) is 24.7 Å². The van der Waals surface area contributed by atoms with Crippen LogP contribution in [0.15, 0.2) is 17.5 Å². The Morgan fingerprint density at radius 2 is 2.16 bits per heavy atom. The van der Waals surface area contributed by atoms with Crippen molar-refractivity contribution in [3.05, 3.63) is 22.4 Å². The Labute approximate surface area is 117 Å². The Morgan fingerprint density at radius 1 is 1.47 bits per heavy atom. The van der Waals surface area contributed by atoms with E-state index >= 15 is 0 Å². The molecule has 0 aliphatic rings. The van der Waals surface area contributed by atoms with Crippen molar-refractivity contribution >= 4 is 23.3 Å². The average Bonchev–Trinajstić information content (AvgIpc) is 2.88. The lowest BCUT2D eigenvalue weighted by Gasteiger charge is -2.28. The molecule has 0 spiro atoms. The van der Waals surface area contributed by atoms with Crippen LogP contribution in [-0.4, -0.2) is 34.6 Å². The molecule has 0 bridgehead atoms. The van der Waals surface area contributed by atoms with Gasteiger partial charge < -0.3 is 15.3 Å². The van der Waals surface area contributed by atoms with Crippen molar-refractivity contribution in [3.8, 4) is 0 Å². The zero-order chi connectivity index (χ0) is 14.4. The van der Waals surface area contributed by atoms with E-state index in [1.165, 1.54) is 4.90 Å². The highest BCUT2D eigenvalue weighted by molar-refractivity contribution is 7.10. The van der Waals surface area contributed by atoms with Crippen molar-refractivity contribution in [2.45, 2.75) is 39.3 Å². The van der Waals surface area contributed by atoms with Crippen molar-refractivity contribution in [1.82, 2.24) is 10.2 Å². The Balaban J connectivity index is 2.68. The Morgan fingerprint density at radius 3 is 2.63 bits per heavy atom. The molecule has 1 rings (SSSR count).